The van der Waals surface area contributed by atoms with E-state index in [1.165, 1.54) is 13.0 Å². The van der Waals surface area contributed by atoms with Gasteiger partial charge in [0.15, 0.2) is 5.76 Å². The Bertz CT molecular complexity index is 661. The number of nitrogens with zero attached hydrogens (tertiary/aromatic N) is 2. The van der Waals surface area contributed by atoms with E-state index in [4.69, 9.17) is 4.42 Å². The Morgan fingerprint density at radius 3 is 2.87 bits per heavy atom. The van der Waals surface area contributed by atoms with Gasteiger partial charge in [-0.3, -0.25) is 4.79 Å². The highest BCUT2D eigenvalue weighted by Gasteiger charge is 2.33. The summed E-state index contributed by atoms with van der Waals surface area (Å²) < 4.78 is 5.61. The van der Waals surface area contributed by atoms with Crippen molar-refractivity contribution in [2.45, 2.75) is 18.9 Å². The van der Waals surface area contributed by atoms with Gasteiger partial charge < -0.3 is 14.6 Å². The fourth-order valence-electron chi connectivity index (χ4n) is 3.53. The van der Waals surface area contributed by atoms with Crippen molar-refractivity contribution in [3.63, 3.8) is 0 Å². The van der Waals surface area contributed by atoms with Gasteiger partial charge in [0, 0.05) is 24.7 Å². The van der Waals surface area contributed by atoms with Crippen LogP contribution in [0.15, 0.2) is 40.9 Å². The molecule has 2 bridgehead atoms. The fraction of sp³-hybridized carbons (Fsp3) is 0.412. The Morgan fingerprint density at radius 1 is 1.26 bits per heavy atom. The molecule has 23 heavy (non-hydrogen) atoms. The van der Waals surface area contributed by atoms with Gasteiger partial charge in [0.05, 0.1) is 6.20 Å². The summed E-state index contributed by atoms with van der Waals surface area (Å²) in [5.41, 5.74) is 0.927. The lowest BCUT2D eigenvalue weighted by molar-refractivity contribution is 0.0875. The van der Waals surface area contributed by atoms with Gasteiger partial charge in [0.2, 0.25) is 0 Å². The first kappa shape index (κ1) is 16.0. The van der Waals surface area contributed by atoms with Crippen LogP contribution in [0.2, 0.25) is 0 Å². The molecule has 4 rings (SSSR count). The van der Waals surface area contributed by atoms with Crippen LogP contribution < -0.4 is 5.32 Å². The lowest BCUT2D eigenvalue weighted by atomic mass is 9.97. The molecule has 0 spiro atoms. The summed E-state index contributed by atoms with van der Waals surface area (Å²) in [5, 5.41) is 3.06. The van der Waals surface area contributed by atoms with Crippen LogP contribution in [-0.4, -0.2) is 41.5 Å². The van der Waals surface area contributed by atoms with Gasteiger partial charge in [0.25, 0.3) is 5.89 Å². The van der Waals surface area contributed by atoms with Crippen molar-refractivity contribution in [2.75, 3.05) is 19.6 Å². The molecule has 2 fully saturated rings. The summed E-state index contributed by atoms with van der Waals surface area (Å²) in [4.78, 5) is 18.8. The molecule has 0 saturated carbocycles. The molecule has 2 saturated heterocycles. The fourth-order valence-corrected chi connectivity index (χ4v) is 3.53. The van der Waals surface area contributed by atoms with Crippen molar-refractivity contribution in [1.29, 1.82) is 0 Å². The number of nitrogens with one attached hydrogen (secondary N) is 1. The highest BCUT2D eigenvalue weighted by molar-refractivity contribution is 5.90. The number of aromatic nitrogens is 1. The SMILES string of the molecule is Cl.O=C(N[C@@H]1C[C@H]2CCN(C2)C1)c1ncc(-c2ccccc2)o1. The number of piperidine rings is 1. The minimum atomic E-state index is -0.213. The third-order valence-electron chi connectivity index (χ3n) is 4.56. The van der Waals surface area contributed by atoms with Crippen LogP contribution in [0.5, 0.6) is 0 Å². The van der Waals surface area contributed by atoms with E-state index in [1.807, 2.05) is 30.3 Å². The second-order valence-electron chi connectivity index (χ2n) is 6.22. The normalized spacial score (nSPS) is 25.7. The number of fused-ring (bicyclic) bond motifs is 2. The predicted octanol–water partition coefficient (Wildman–Crippen LogP) is 2.59. The van der Waals surface area contributed by atoms with Crippen LogP contribution in [0.3, 0.4) is 0 Å². The third kappa shape index (κ3) is 3.41. The first-order chi connectivity index (χ1) is 10.8. The monoisotopic (exact) mass is 333 g/mol. The van der Waals surface area contributed by atoms with Crippen LogP contribution in [-0.2, 0) is 0 Å². The molecule has 3 heterocycles. The molecular weight excluding hydrogens is 314 g/mol. The Hall–Kier alpha value is -1.85. The summed E-state index contributed by atoms with van der Waals surface area (Å²) in [7, 11) is 0. The number of hydrogen-bond donors (Lipinski definition) is 1. The Morgan fingerprint density at radius 2 is 2.09 bits per heavy atom. The Labute approximate surface area is 141 Å². The smallest absolute Gasteiger partial charge is 0.307 e. The molecule has 0 radical (unpaired) electrons. The van der Waals surface area contributed by atoms with Gasteiger partial charge in [0.1, 0.15) is 0 Å². The number of benzene rings is 1. The molecule has 2 aliphatic rings. The zero-order valence-corrected chi connectivity index (χ0v) is 13.6. The van der Waals surface area contributed by atoms with Crippen molar-refractivity contribution in [2.24, 2.45) is 5.92 Å². The molecule has 2 aromatic rings. The molecule has 0 aliphatic carbocycles. The first-order valence-corrected chi connectivity index (χ1v) is 7.82. The summed E-state index contributed by atoms with van der Waals surface area (Å²) in [6.07, 6.45) is 3.93. The van der Waals surface area contributed by atoms with E-state index in [9.17, 15) is 4.79 Å². The van der Waals surface area contributed by atoms with E-state index in [0.29, 0.717) is 5.76 Å². The number of carbonyl (C=O) groups is 1. The number of amides is 1. The van der Waals surface area contributed by atoms with Crippen LogP contribution >= 0.6 is 12.4 Å². The predicted molar refractivity (Wildman–Crippen MR) is 89.6 cm³/mol. The number of hydrogen-bond acceptors (Lipinski definition) is 4. The minimum absolute atomic E-state index is 0. The second-order valence-corrected chi connectivity index (χ2v) is 6.22. The van der Waals surface area contributed by atoms with Crippen LogP contribution in [0.4, 0.5) is 0 Å². The van der Waals surface area contributed by atoms with E-state index in [0.717, 1.165) is 31.0 Å². The van der Waals surface area contributed by atoms with Crippen LogP contribution in [0, 0.1) is 5.92 Å². The van der Waals surface area contributed by atoms with Crippen LogP contribution in [0.1, 0.15) is 23.5 Å². The van der Waals surface area contributed by atoms with Gasteiger partial charge in [-0.15, -0.1) is 12.4 Å². The minimum Gasteiger partial charge on any atom is -0.432 e. The highest BCUT2D eigenvalue weighted by Crippen LogP contribution is 2.27. The third-order valence-corrected chi connectivity index (χ3v) is 4.56. The molecular formula is C17H20ClN3O2. The summed E-state index contributed by atoms with van der Waals surface area (Å²) in [5.74, 6) is 1.28. The summed E-state index contributed by atoms with van der Waals surface area (Å²) in [6, 6.07) is 9.90. The van der Waals surface area contributed by atoms with Crippen molar-refractivity contribution in [3.8, 4) is 11.3 Å². The average molecular weight is 334 g/mol. The molecule has 1 unspecified atom stereocenters. The molecule has 2 aliphatic heterocycles. The lowest BCUT2D eigenvalue weighted by Gasteiger charge is -2.30. The molecule has 1 aromatic heterocycles. The lowest BCUT2D eigenvalue weighted by Crippen LogP contribution is -2.47. The van der Waals surface area contributed by atoms with Gasteiger partial charge in [-0.25, -0.2) is 4.98 Å². The number of oxazole rings is 1. The quantitative estimate of drug-likeness (QED) is 0.938. The molecule has 1 amide bonds. The summed E-state index contributed by atoms with van der Waals surface area (Å²) in [6.45, 7) is 3.28. The maximum absolute atomic E-state index is 12.3. The van der Waals surface area contributed by atoms with E-state index in [2.05, 4.69) is 15.2 Å². The number of carbonyl (C=O) groups excluding carboxylic acids is 1. The van der Waals surface area contributed by atoms with Crippen molar-refractivity contribution in [1.82, 2.24) is 15.2 Å². The maximum atomic E-state index is 12.3. The molecule has 6 heteroatoms. The van der Waals surface area contributed by atoms with E-state index >= 15 is 0 Å². The van der Waals surface area contributed by atoms with Crippen molar-refractivity contribution >= 4 is 18.3 Å². The number of halogens is 1. The maximum Gasteiger partial charge on any atom is 0.307 e. The molecule has 5 nitrogen and oxygen atoms in total. The van der Waals surface area contributed by atoms with E-state index in [-0.39, 0.29) is 30.2 Å². The van der Waals surface area contributed by atoms with E-state index < -0.39 is 0 Å². The van der Waals surface area contributed by atoms with Gasteiger partial charge in [-0.1, -0.05) is 30.3 Å². The molecule has 1 N–H and O–H groups in total. The van der Waals surface area contributed by atoms with Gasteiger partial charge >= 0.3 is 5.91 Å². The Balaban J connectivity index is 0.00000156. The number of rotatable bonds is 3. The molecule has 122 valence electrons. The molecule has 1 aromatic carbocycles. The Kier molecular flexibility index (Phi) is 4.68. The largest absolute Gasteiger partial charge is 0.432 e. The average Bonchev–Trinajstić information content (AvgIpc) is 3.15. The summed E-state index contributed by atoms with van der Waals surface area (Å²) >= 11 is 0. The first-order valence-electron chi connectivity index (χ1n) is 7.82. The van der Waals surface area contributed by atoms with Crippen LogP contribution in [0.25, 0.3) is 11.3 Å². The van der Waals surface area contributed by atoms with Crippen molar-refractivity contribution < 1.29 is 9.21 Å². The standard InChI is InChI=1S/C17H19N3O2.ClH/c21-16(19-14-8-12-6-7-20(10-12)11-14)17-18-9-15(22-17)13-4-2-1-3-5-13;/h1-5,9,12,14H,6-8,10-11H2,(H,19,21);1H/t12-,14-;/m1./s1. The van der Waals surface area contributed by atoms with E-state index in [1.54, 1.807) is 6.20 Å². The molecule has 3 atom stereocenters. The highest BCUT2D eigenvalue weighted by atomic mass is 35.5. The van der Waals surface area contributed by atoms with Gasteiger partial charge in [-0.05, 0) is 25.3 Å². The second kappa shape index (κ2) is 6.72. The zero-order valence-electron chi connectivity index (χ0n) is 12.8. The van der Waals surface area contributed by atoms with Crippen molar-refractivity contribution in [3.05, 3.63) is 42.4 Å². The topological polar surface area (TPSA) is 58.4 Å². The van der Waals surface area contributed by atoms with Gasteiger partial charge in [-0.2, -0.15) is 0 Å². The zero-order chi connectivity index (χ0) is 14.9.